The van der Waals surface area contributed by atoms with Gasteiger partial charge in [-0.1, -0.05) is 36.0 Å². The molecular formula is C24H19F2N3O4S2. The Kier molecular flexibility index (Phi) is 7.10. The topological polar surface area (TPSA) is 112 Å². The van der Waals surface area contributed by atoms with E-state index >= 15 is 0 Å². The molecule has 0 aliphatic carbocycles. The van der Waals surface area contributed by atoms with E-state index in [1.807, 2.05) is 0 Å². The Labute approximate surface area is 203 Å². The fraction of sp³-hybridized carbons (Fsp3) is 0.125. The van der Waals surface area contributed by atoms with E-state index < -0.39 is 27.4 Å². The Balaban J connectivity index is 1.62. The smallest absolute Gasteiger partial charge is 0.262 e. The van der Waals surface area contributed by atoms with Gasteiger partial charge in [0, 0.05) is 6.54 Å². The van der Waals surface area contributed by atoms with Gasteiger partial charge in [-0.3, -0.25) is 14.2 Å². The minimum Gasteiger partial charge on any atom is -0.293 e. The van der Waals surface area contributed by atoms with Crippen molar-refractivity contribution in [3.05, 3.63) is 99.8 Å². The van der Waals surface area contributed by atoms with Crippen LogP contribution in [0.5, 0.6) is 0 Å². The number of para-hydroxylation sites is 1. The van der Waals surface area contributed by atoms with E-state index in [-0.39, 0.29) is 33.5 Å². The Hall–Kier alpha value is -3.41. The second-order valence-electron chi connectivity index (χ2n) is 7.64. The number of hydrogen-bond donors (Lipinski definition) is 1. The predicted octanol–water partition coefficient (Wildman–Crippen LogP) is 3.54. The fourth-order valence-electron chi connectivity index (χ4n) is 3.46. The van der Waals surface area contributed by atoms with Crippen LogP contribution in [0.3, 0.4) is 0 Å². The van der Waals surface area contributed by atoms with Gasteiger partial charge in [-0.05, 0) is 54.4 Å². The molecule has 0 fully saturated rings. The van der Waals surface area contributed by atoms with Crippen molar-refractivity contribution in [3.8, 4) is 0 Å². The van der Waals surface area contributed by atoms with E-state index in [0.29, 0.717) is 17.3 Å². The zero-order valence-corrected chi connectivity index (χ0v) is 19.8. The Morgan fingerprint density at radius 1 is 1.03 bits per heavy atom. The van der Waals surface area contributed by atoms with Gasteiger partial charge in [0.1, 0.15) is 11.6 Å². The highest BCUT2D eigenvalue weighted by atomic mass is 32.2. The first-order valence-electron chi connectivity index (χ1n) is 10.4. The van der Waals surface area contributed by atoms with Crippen molar-refractivity contribution in [3.63, 3.8) is 0 Å². The number of Topliss-reactive ketones (excluding diaryl/α,β-unsaturated/α-hetero) is 1. The number of nitrogens with zero attached hydrogens (tertiary/aromatic N) is 2. The Morgan fingerprint density at radius 3 is 2.46 bits per heavy atom. The standard InChI is InChI=1S/C24H19F2N3O4S2/c25-16-7-10-20(26)19(13-16)22(30)14-34-24-28-21-4-2-1-3-18(21)23(31)29(24)12-11-15-5-8-17(9-6-15)35(27,32)33/h1-10,13H,11-12,14H2,(H2,27,32,33). The number of rotatable bonds is 8. The monoisotopic (exact) mass is 515 g/mol. The summed E-state index contributed by atoms with van der Waals surface area (Å²) in [6.07, 6.45) is 0.366. The number of benzene rings is 3. The van der Waals surface area contributed by atoms with E-state index in [1.165, 1.54) is 16.7 Å². The maximum absolute atomic E-state index is 14.0. The van der Waals surface area contributed by atoms with Gasteiger partial charge in [0.25, 0.3) is 5.56 Å². The summed E-state index contributed by atoms with van der Waals surface area (Å²) in [7, 11) is -3.82. The van der Waals surface area contributed by atoms with Gasteiger partial charge in [0.15, 0.2) is 10.9 Å². The van der Waals surface area contributed by atoms with Crippen LogP contribution in [0.4, 0.5) is 8.78 Å². The molecule has 0 atom stereocenters. The number of hydrogen-bond acceptors (Lipinski definition) is 6. The lowest BCUT2D eigenvalue weighted by atomic mass is 10.1. The quantitative estimate of drug-likeness (QED) is 0.218. The Bertz CT molecular complexity index is 1590. The van der Waals surface area contributed by atoms with Crippen LogP contribution in [0, 0.1) is 11.6 Å². The number of carbonyl (C=O) groups is 1. The van der Waals surface area contributed by atoms with E-state index in [0.717, 1.165) is 35.5 Å². The number of carbonyl (C=O) groups excluding carboxylic acids is 1. The van der Waals surface area contributed by atoms with Gasteiger partial charge in [-0.25, -0.2) is 27.3 Å². The molecule has 4 rings (SSSR count). The van der Waals surface area contributed by atoms with Crippen LogP contribution in [-0.4, -0.2) is 29.5 Å². The summed E-state index contributed by atoms with van der Waals surface area (Å²) in [6, 6.07) is 15.4. The highest BCUT2D eigenvalue weighted by Gasteiger charge is 2.17. The van der Waals surface area contributed by atoms with E-state index in [4.69, 9.17) is 5.14 Å². The van der Waals surface area contributed by atoms with Gasteiger partial charge in [-0.2, -0.15) is 0 Å². The number of halogens is 2. The number of ketones is 1. The summed E-state index contributed by atoms with van der Waals surface area (Å²) in [5, 5.41) is 5.77. The molecule has 3 aromatic carbocycles. The lowest BCUT2D eigenvalue weighted by Crippen LogP contribution is -2.25. The molecule has 0 saturated heterocycles. The number of aromatic nitrogens is 2. The first-order valence-corrected chi connectivity index (χ1v) is 12.9. The number of sulfonamides is 1. The summed E-state index contributed by atoms with van der Waals surface area (Å²) in [5.74, 6) is -2.45. The van der Waals surface area contributed by atoms with Crippen LogP contribution < -0.4 is 10.7 Å². The second kappa shape index (κ2) is 10.1. The number of primary sulfonamides is 1. The molecule has 0 aliphatic heterocycles. The molecule has 35 heavy (non-hydrogen) atoms. The molecule has 0 amide bonds. The molecular weight excluding hydrogens is 496 g/mol. The summed E-state index contributed by atoms with van der Waals surface area (Å²) >= 11 is 0.952. The predicted molar refractivity (Wildman–Crippen MR) is 129 cm³/mol. The number of fused-ring (bicyclic) bond motifs is 1. The summed E-state index contributed by atoms with van der Waals surface area (Å²) in [5.41, 5.74) is 0.509. The average Bonchev–Trinajstić information content (AvgIpc) is 2.83. The Morgan fingerprint density at radius 2 is 1.74 bits per heavy atom. The first-order chi connectivity index (χ1) is 16.6. The molecule has 0 bridgehead atoms. The van der Waals surface area contributed by atoms with Crippen LogP contribution >= 0.6 is 11.8 Å². The maximum atomic E-state index is 14.0. The largest absolute Gasteiger partial charge is 0.293 e. The molecule has 0 aliphatic rings. The molecule has 1 heterocycles. The third kappa shape index (κ3) is 5.64. The van der Waals surface area contributed by atoms with E-state index in [9.17, 15) is 26.8 Å². The van der Waals surface area contributed by atoms with Gasteiger partial charge in [0.05, 0.1) is 27.1 Å². The number of thioether (sulfide) groups is 1. The van der Waals surface area contributed by atoms with Crippen molar-refractivity contribution >= 4 is 38.5 Å². The van der Waals surface area contributed by atoms with E-state index in [2.05, 4.69) is 4.98 Å². The van der Waals surface area contributed by atoms with Gasteiger partial charge < -0.3 is 0 Å². The second-order valence-corrected chi connectivity index (χ2v) is 10.1. The van der Waals surface area contributed by atoms with Gasteiger partial charge in [0.2, 0.25) is 10.0 Å². The third-order valence-corrected chi connectivity index (χ3v) is 7.17. The van der Waals surface area contributed by atoms with Crippen molar-refractivity contribution in [2.45, 2.75) is 23.0 Å². The third-order valence-electron chi connectivity index (χ3n) is 5.26. The highest BCUT2D eigenvalue weighted by Crippen LogP contribution is 2.21. The van der Waals surface area contributed by atoms with Crippen molar-refractivity contribution in [1.82, 2.24) is 9.55 Å². The van der Waals surface area contributed by atoms with Crippen LogP contribution in [-0.2, 0) is 23.0 Å². The zero-order chi connectivity index (χ0) is 25.2. The zero-order valence-electron chi connectivity index (χ0n) is 18.1. The van der Waals surface area contributed by atoms with Crippen LogP contribution in [0.2, 0.25) is 0 Å². The maximum Gasteiger partial charge on any atom is 0.262 e. The van der Waals surface area contributed by atoms with Gasteiger partial charge >= 0.3 is 0 Å². The minimum atomic E-state index is -3.82. The SMILES string of the molecule is NS(=O)(=O)c1ccc(CCn2c(SCC(=O)c3cc(F)ccc3F)nc3ccccc3c2=O)cc1. The summed E-state index contributed by atoms with van der Waals surface area (Å²) < 4.78 is 51.8. The molecule has 11 heteroatoms. The van der Waals surface area contributed by atoms with Crippen LogP contribution in [0.15, 0.2) is 81.6 Å². The minimum absolute atomic E-state index is 0.0230. The van der Waals surface area contributed by atoms with Gasteiger partial charge in [-0.15, -0.1) is 0 Å². The normalized spacial score (nSPS) is 11.6. The average molecular weight is 516 g/mol. The number of nitrogens with two attached hydrogens (primary N) is 1. The summed E-state index contributed by atoms with van der Waals surface area (Å²) in [6.45, 7) is 0.191. The molecule has 0 unspecified atom stereocenters. The lowest BCUT2D eigenvalue weighted by molar-refractivity contribution is 0.101. The molecule has 180 valence electrons. The van der Waals surface area contributed by atoms with Crippen molar-refractivity contribution < 1.29 is 22.0 Å². The van der Waals surface area contributed by atoms with Crippen molar-refractivity contribution in [2.24, 2.45) is 5.14 Å². The highest BCUT2D eigenvalue weighted by molar-refractivity contribution is 7.99. The molecule has 1 aromatic heterocycles. The molecule has 0 saturated carbocycles. The lowest BCUT2D eigenvalue weighted by Gasteiger charge is -2.13. The van der Waals surface area contributed by atoms with Crippen LogP contribution in [0.25, 0.3) is 10.9 Å². The summed E-state index contributed by atoms with van der Waals surface area (Å²) in [4.78, 5) is 30.2. The van der Waals surface area contributed by atoms with Crippen molar-refractivity contribution in [2.75, 3.05) is 5.75 Å². The molecule has 0 spiro atoms. The molecule has 2 N–H and O–H groups in total. The molecule has 7 nitrogen and oxygen atoms in total. The fourth-order valence-corrected chi connectivity index (χ4v) is 4.88. The van der Waals surface area contributed by atoms with Crippen LogP contribution in [0.1, 0.15) is 15.9 Å². The van der Waals surface area contributed by atoms with E-state index in [1.54, 1.807) is 36.4 Å². The molecule has 4 aromatic rings. The number of aryl methyl sites for hydroxylation is 1. The molecule has 0 radical (unpaired) electrons. The van der Waals surface area contributed by atoms with Crippen molar-refractivity contribution in [1.29, 1.82) is 0 Å². The first kappa shape index (κ1) is 24.7.